The first-order valence-electron chi connectivity index (χ1n) is 7.12. The summed E-state index contributed by atoms with van der Waals surface area (Å²) in [7, 11) is 0. The third-order valence-electron chi connectivity index (χ3n) is 3.28. The topological polar surface area (TPSA) is 242 Å². The van der Waals surface area contributed by atoms with E-state index in [0.717, 1.165) is 12.1 Å². The Morgan fingerprint density at radius 3 is 1.43 bits per heavy atom. The van der Waals surface area contributed by atoms with Crippen LogP contribution in [0, 0.1) is 0 Å². The fraction of sp³-hybridized carbons (Fsp3) is 0. The van der Waals surface area contributed by atoms with Crippen molar-refractivity contribution in [2.45, 2.75) is 0 Å². The molecule has 2 aromatic heterocycles. The molecule has 0 bridgehead atoms. The van der Waals surface area contributed by atoms with Gasteiger partial charge in [0.1, 0.15) is 0 Å². The SMILES string of the molecule is O=C(Nc1nnn[nH]1)c1ccc(C(=O)Nc2nnn[nH]2)c(C(=O)O)c1C(=O)O. The molecular weight excluding hydrogens is 380 g/mol. The predicted octanol–water partition coefficient (Wildman–Crippen LogP) is -1.39. The molecule has 2 heterocycles. The van der Waals surface area contributed by atoms with E-state index in [2.05, 4.69) is 51.9 Å². The van der Waals surface area contributed by atoms with Crippen LogP contribution in [0.4, 0.5) is 11.9 Å². The number of nitrogens with zero attached hydrogens (tertiary/aromatic N) is 6. The molecular formula is C12H8N10O6. The van der Waals surface area contributed by atoms with Crippen molar-refractivity contribution in [3.05, 3.63) is 34.4 Å². The molecule has 0 aliphatic carbocycles. The summed E-state index contributed by atoms with van der Waals surface area (Å²) >= 11 is 0. The molecule has 0 fully saturated rings. The molecule has 0 aliphatic rings. The number of benzene rings is 1. The quantitative estimate of drug-likeness (QED) is 0.286. The van der Waals surface area contributed by atoms with Gasteiger partial charge in [-0.3, -0.25) is 20.2 Å². The Bertz CT molecular complexity index is 976. The fourth-order valence-electron chi connectivity index (χ4n) is 2.20. The highest BCUT2D eigenvalue weighted by Gasteiger charge is 2.30. The summed E-state index contributed by atoms with van der Waals surface area (Å²) in [6.45, 7) is 0. The molecule has 6 N–H and O–H groups in total. The second kappa shape index (κ2) is 7.23. The minimum absolute atomic E-state index is 0.196. The van der Waals surface area contributed by atoms with E-state index in [1.807, 2.05) is 0 Å². The first kappa shape index (κ1) is 18.0. The Kier molecular flexibility index (Phi) is 4.66. The van der Waals surface area contributed by atoms with Gasteiger partial charge in [0.05, 0.1) is 22.3 Å². The summed E-state index contributed by atoms with van der Waals surface area (Å²) in [5, 5.41) is 47.4. The van der Waals surface area contributed by atoms with E-state index >= 15 is 0 Å². The minimum atomic E-state index is -1.74. The molecule has 0 saturated carbocycles. The Balaban J connectivity index is 2.06. The summed E-state index contributed by atoms with van der Waals surface area (Å²) in [5.74, 6) is -5.89. The van der Waals surface area contributed by atoms with E-state index in [1.54, 1.807) is 0 Å². The molecule has 0 aliphatic heterocycles. The van der Waals surface area contributed by atoms with Gasteiger partial charge < -0.3 is 10.2 Å². The lowest BCUT2D eigenvalue weighted by atomic mass is 9.94. The van der Waals surface area contributed by atoms with Crippen molar-refractivity contribution < 1.29 is 29.4 Å². The standard InChI is InChI=1S/C12H8N10O6/c23-7(13-11-15-19-20-16-11)3-1-2-4(6(10(27)28)5(3)9(25)26)8(24)14-12-17-21-22-18-12/h1-2H,(H,25,26)(H,27,28)(H2,13,15,16,19,20,23)(H2,14,17,18,21,22,24). The van der Waals surface area contributed by atoms with Crippen LogP contribution in [0.2, 0.25) is 0 Å². The Morgan fingerprint density at radius 1 is 0.750 bits per heavy atom. The second-order valence-electron chi connectivity index (χ2n) is 4.93. The number of aromatic amines is 2. The van der Waals surface area contributed by atoms with Gasteiger partial charge in [0.2, 0.25) is 11.9 Å². The van der Waals surface area contributed by atoms with Gasteiger partial charge >= 0.3 is 11.9 Å². The first-order chi connectivity index (χ1) is 13.4. The largest absolute Gasteiger partial charge is 0.478 e. The molecule has 2 amide bonds. The molecule has 0 unspecified atom stereocenters. The van der Waals surface area contributed by atoms with Crippen LogP contribution in [0.3, 0.4) is 0 Å². The Labute approximate surface area is 152 Å². The number of carboxylic acid groups (broad SMARTS) is 2. The summed E-state index contributed by atoms with van der Waals surface area (Å²) < 4.78 is 0. The molecule has 28 heavy (non-hydrogen) atoms. The van der Waals surface area contributed by atoms with Crippen molar-refractivity contribution in [2.24, 2.45) is 0 Å². The maximum absolute atomic E-state index is 12.3. The van der Waals surface area contributed by atoms with E-state index in [1.165, 1.54) is 0 Å². The Morgan fingerprint density at radius 2 is 1.14 bits per heavy atom. The number of hydrogen-bond donors (Lipinski definition) is 6. The van der Waals surface area contributed by atoms with Crippen molar-refractivity contribution in [3.63, 3.8) is 0 Å². The van der Waals surface area contributed by atoms with E-state index in [9.17, 15) is 29.4 Å². The summed E-state index contributed by atoms with van der Waals surface area (Å²) in [5.41, 5.74) is -2.86. The third kappa shape index (κ3) is 3.45. The number of nitrogens with one attached hydrogen (secondary N) is 4. The smallest absolute Gasteiger partial charge is 0.337 e. The number of rotatable bonds is 6. The first-order valence-corrected chi connectivity index (χ1v) is 7.12. The molecule has 16 nitrogen and oxygen atoms in total. The number of aromatic carboxylic acids is 2. The van der Waals surface area contributed by atoms with Crippen LogP contribution in [-0.2, 0) is 0 Å². The number of carboxylic acids is 2. The van der Waals surface area contributed by atoms with Crippen molar-refractivity contribution in [1.82, 2.24) is 41.2 Å². The van der Waals surface area contributed by atoms with Crippen LogP contribution < -0.4 is 10.6 Å². The molecule has 1 aromatic carbocycles. The highest BCUT2D eigenvalue weighted by molar-refractivity contribution is 6.19. The van der Waals surface area contributed by atoms with Gasteiger partial charge in [0.15, 0.2) is 0 Å². The van der Waals surface area contributed by atoms with Gasteiger partial charge in [0, 0.05) is 0 Å². The average Bonchev–Trinajstić information content (AvgIpc) is 3.34. The second-order valence-corrected chi connectivity index (χ2v) is 4.93. The van der Waals surface area contributed by atoms with Gasteiger partial charge in [-0.2, -0.15) is 0 Å². The molecule has 0 atom stereocenters. The molecule has 3 aromatic rings. The number of hydrogen-bond acceptors (Lipinski definition) is 10. The van der Waals surface area contributed by atoms with Crippen molar-refractivity contribution in [1.29, 1.82) is 0 Å². The highest BCUT2D eigenvalue weighted by Crippen LogP contribution is 2.22. The monoisotopic (exact) mass is 388 g/mol. The molecule has 0 radical (unpaired) electrons. The van der Waals surface area contributed by atoms with Gasteiger partial charge in [-0.1, -0.05) is 10.2 Å². The lowest BCUT2D eigenvalue weighted by Gasteiger charge is -2.12. The number of aromatic nitrogens is 8. The number of H-pyrrole nitrogens is 2. The van der Waals surface area contributed by atoms with Crippen LogP contribution in [0.25, 0.3) is 0 Å². The maximum atomic E-state index is 12.3. The summed E-state index contributed by atoms with van der Waals surface area (Å²) in [6.07, 6.45) is 0. The van der Waals surface area contributed by atoms with Gasteiger partial charge in [-0.05, 0) is 33.0 Å². The lowest BCUT2D eigenvalue weighted by Crippen LogP contribution is -2.24. The van der Waals surface area contributed by atoms with Gasteiger partial charge in [-0.15, -0.1) is 0 Å². The third-order valence-corrected chi connectivity index (χ3v) is 3.28. The summed E-state index contributed by atoms with van der Waals surface area (Å²) in [6, 6.07) is 1.95. The van der Waals surface area contributed by atoms with Crippen LogP contribution in [0.5, 0.6) is 0 Å². The zero-order valence-corrected chi connectivity index (χ0v) is 13.4. The number of anilines is 2. The zero-order chi connectivity index (χ0) is 20.3. The highest BCUT2D eigenvalue weighted by atomic mass is 16.4. The lowest BCUT2D eigenvalue weighted by molar-refractivity contribution is 0.0647. The maximum Gasteiger partial charge on any atom is 0.337 e. The average molecular weight is 388 g/mol. The van der Waals surface area contributed by atoms with E-state index < -0.39 is 46.0 Å². The number of tetrazole rings is 2. The van der Waals surface area contributed by atoms with Crippen LogP contribution in [-0.4, -0.2) is 75.2 Å². The molecule has 3 rings (SSSR count). The van der Waals surface area contributed by atoms with Crippen molar-refractivity contribution in [2.75, 3.05) is 10.6 Å². The predicted molar refractivity (Wildman–Crippen MR) is 84.6 cm³/mol. The van der Waals surface area contributed by atoms with E-state index in [4.69, 9.17) is 0 Å². The fourth-order valence-corrected chi connectivity index (χ4v) is 2.20. The van der Waals surface area contributed by atoms with Gasteiger partial charge in [0.25, 0.3) is 11.8 Å². The number of carbonyl (C=O) groups excluding carboxylic acids is 2. The number of carbonyl (C=O) groups is 4. The van der Waals surface area contributed by atoms with Crippen LogP contribution in [0.15, 0.2) is 12.1 Å². The van der Waals surface area contributed by atoms with E-state index in [0.29, 0.717) is 0 Å². The molecule has 0 saturated heterocycles. The van der Waals surface area contributed by atoms with Crippen molar-refractivity contribution in [3.8, 4) is 0 Å². The molecule has 16 heteroatoms. The summed E-state index contributed by atoms with van der Waals surface area (Å²) in [4.78, 5) is 48.0. The van der Waals surface area contributed by atoms with E-state index in [-0.39, 0.29) is 11.9 Å². The zero-order valence-electron chi connectivity index (χ0n) is 13.4. The number of amides is 2. The Hall–Kier alpha value is -4.76. The van der Waals surface area contributed by atoms with Crippen molar-refractivity contribution >= 4 is 35.6 Å². The van der Waals surface area contributed by atoms with Crippen LogP contribution in [0.1, 0.15) is 41.4 Å². The molecule has 142 valence electrons. The minimum Gasteiger partial charge on any atom is -0.478 e. The molecule has 0 spiro atoms. The van der Waals surface area contributed by atoms with Gasteiger partial charge in [-0.25, -0.2) is 19.8 Å². The van der Waals surface area contributed by atoms with Crippen LogP contribution >= 0.6 is 0 Å². The normalized spacial score (nSPS) is 10.3.